The molecule has 0 spiro atoms. The molecule has 0 atom stereocenters. The summed E-state index contributed by atoms with van der Waals surface area (Å²) < 4.78 is 37.7. The van der Waals surface area contributed by atoms with Gasteiger partial charge in [-0.15, -0.1) is 0 Å². The molecule has 0 unspecified atom stereocenters. The topological polar surface area (TPSA) is 17.1 Å². The van der Waals surface area contributed by atoms with Crippen LogP contribution in [0.4, 0.5) is 13.2 Å². The van der Waals surface area contributed by atoms with Crippen LogP contribution in [0.1, 0.15) is 31.2 Å². The molecule has 0 N–H and O–H groups in total. The molecule has 1 aromatic carbocycles. The van der Waals surface area contributed by atoms with Crippen molar-refractivity contribution in [3.63, 3.8) is 0 Å². The normalized spacial score (nSPS) is 23.6. The van der Waals surface area contributed by atoms with Crippen molar-refractivity contribution in [2.75, 3.05) is 0 Å². The predicted octanol–water partition coefficient (Wildman–Crippen LogP) is 4.82. The number of hydrogen-bond donors (Lipinski definition) is 0. The Balaban J connectivity index is 1.87. The fourth-order valence-corrected chi connectivity index (χ4v) is 2.82. The van der Waals surface area contributed by atoms with Gasteiger partial charge in [0.25, 0.3) is 0 Å². The molecule has 0 aliphatic heterocycles. The lowest BCUT2D eigenvalue weighted by Crippen LogP contribution is -2.30. The highest BCUT2D eigenvalue weighted by atomic mass is 35.5. The van der Waals surface area contributed by atoms with Crippen molar-refractivity contribution >= 4 is 17.4 Å². The smallest absolute Gasteiger partial charge is 0.299 e. The van der Waals surface area contributed by atoms with Gasteiger partial charge in [-0.1, -0.05) is 23.7 Å². The van der Waals surface area contributed by atoms with E-state index >= 15 is 0 Å². The zero-order chi connectivity index (χ0) is 14.8. The largest absolute Gasteiger partial charge is 0.391 e. The summed E-state index contributed by atoms with van der Waals surface area (Å²) in [4.78, 5) is 12.1. The molecular weight excluding hydrogens is 289 g/mol. The van der Waals surface area contributed by atoms with E-state index in [9.17, 15) is 18.0 Å². The summed E-state index contributed by atoms with van der Waals surface area (Å²) in [5.41, 5.74) is 0.859. The van der Waals surface area contributed by atoms with E-state index in [2.05, 4.69) is 0 Å². The summed E-state index contributed by atoms with van der Waals surface area (Å²) in [5, 5.41) is 0.604. The van der Waals surface area contributed by atoms with Gasteiger partial charge in [-0.25, -0.2) is 0 Å². The lowest BCUT2D eigenvalue weighted by Gasteiger charge is -2.29. The number of Topliss-reactive ketones (excluding diaryl/α,β-unsaturated/α-hetero) is 1. The number of carbonyl (C=O) groups is 1. The van der Waals surface area contributed by atoms with Crippen LogP contribution in [-0.2, 0) is 11.2 Å². The molecule has 2 rings (SSSR count). The van der Waals surface area contributed by atoms with Crippen LogP contribution < -0.4 is 0 Å². The molecule has 110 valence electrons. The Bertz CT molecular complexity index is 459. The van der Waals surface area contributed by atoms with E-state index < -0.39 is 12.1 Å². The highest BCUT2D eigenvalue weighted by Gasteiger charge is 2.42. The zero-order valence-electron chi connectivity index (χ0n) is 10.9. The van der Waals surface area contributed by atoms with Crippen molar-refractivity contribution in [2.45, 2.75) is 38.3 Å². The maximum Gasteiger partial charge on any atom is 0.391 e. The molecule has 0 radical (unpaired) electrons. The molecular formula is C15H16ClF3O. The first kappa shape index (κ1) is 15.4. The second-order valence-corrected chi connectivity index (χ2v) is 5.80. The van der Waals surface area contributed by atoms with Gasteiger partial charge < -0.3 is 0 Å². The second kappa shape index (κ2) is 6.17. The Morgan fingerprint density at radius 3 is 2.15 bits per heavy atom. The van der Waals surface area contributed by atoms with Gasteiger partial charge in [0.2, 0.25) is 0 Å². The summed E-state index contributed by atoms with van der Waals surface area (Å²) in [5.74, 6) is -1.43. The third-order valence-electron chi connectivity index (χ3n) is 3.94. The van der Waals surface area contributed by atoms with Crippen LogP contribution in [0.3, 0.4) is 0 Å². The van der Waals surface area contributed by atoms with Gasteiger partial charge in [0.05, 0.1) is 5.92 Å². The lowest BCUT2D eigenvalue weighted by atomic mass is 9.78. The average Bonchev–Trinajstić information content (AvgIpc) is 2.40. The molecule has 0 amide bonds. The van der Waals surface area contributed by atoms with E-state index in [-0.39, 0.29) is 31.0 Å². The van der Waals surface area contributed by atoms with Gasteiger partial charge in [-0.05, 0) is 43.4 Å². The standard InChI is InChI=1S/C15H16ClF3O/c16-13-7-1-10(2-8-13)9-14(20)11-3-5-12(6-4-11)15(17,18)19/h1-2,7-8,11-12H,3-6,9H2. The maximum atomic E-state index is 12.6. The lowest BCUT2D eigenvalue weighted by molar-refractivity contribution is -0.184. The molecule has 0 heterocycles. The Hall–Kier alpha value is -1.03. The van der Waals surface area contributed by atoms with Gasteiger partial charge >= 0.3 is 6.18 Å². The summed E-state index contributed by atoms with van der Waals surface area (Å²) in [6.45, 7) is 0. The van der Waals surface area contributed by atoms with Gasteiger partial charge in [-0.2, -0.15) is 13.2 Å². The molecule has 20 heavy (non-hydrogen) atoms. The van der Waals surface area contributed by atoms with Crippen molar-refractivity contribution in [1.82, 2.24) is 0 Å². The molecule has 1 nitrogen and oxygen atoms in total. The van der Waals surface area contributed by atoms with Crippen molar-refractivity contribution in [1.29, 1.82) is 0 Å². The first-order valence-corrected chi connectivity index (χ1v) is 7.08. The minimum absolute atomic E-state index is 0.0351. The number of ketones is 1. The maximum absolute atomic E-state index is 12.6. The monoisotopic (exact) mass is 304 g/mol. The van der Waals surface area contributed by atoms with Crippen LogP contribution in [0.25, 0.3) is 0 Å². The van der Waals surface area contributed by atoms with Crippen LogP contribution in [0.5, 0.6) is 0 Å². The number of hydrogen-bond acceptors (Lipinski definition) is 1. The van der Waals surface area contributed by atoms with Crippen molar-refractivity contribution < 1.29 is 18.0 Å². The number of halogens is 4. The summed E-state index contributed by atoms with van der Waals surface area (Å²) in [6.07, 6.45) is -3.02. The zero-order valence-corrected chi connectivity index (χ0v) is 11.7. The number of carbonyl (C=O) groups excluding carboxylic acids is 1. The van der Waals surface area contributed by atoms with Crippen molar-refractivity contribution in [2.24, 2.45) is 11.8 Å². The number of alkyl halides is 3. The Morgan fingerprint density at radius 2 is 1.65 bits per heavy atom. The molecule has 0 aromatic heterocycles. The number of rotatable bonds is 3. The fraction of sp³-hybridized carbons (Fsp3) is 0.533. The molecule has 1 fully saturated rings. The summed E-state index contributed by atoms with van der Waals surface area (Å²) >= 11 is 5.76. The van der Waals surface area contributed by atoms with Crippen LogP contribution in [0.15, 0.2) is 24.3 Å². The minimum Gasteiger partial charge on any atom is -0.299 e. The third-order valence-corrected chi connectivity index (χ3v) is 4.19. The van der Waals surface area contributed by atoms with E-state index in [1.165, 1.54) is 0 Å². The van der Waals surface area contributed by atoms with Crippen molar-refractivity contribution in [3.8, 4) is 0 Å². The minimum atomic E-state index is -4.12. The van der Waals surface area contributed by atoms with E-state index in [1.807, 2.05) is 0 Å². The summed E-state index contributed by atoms with van der Waals surface area (Å²) in [6, 6.07) is 6.98. The predicted molar refractivity (Wildman–Crippen MR) is 71.7 cm³/mol. The van der Waals surface area contributed by atoms with E-state index in [0.29, 0.717) is 17.9 Å². The van der Waals surface area contributed by atoms with E-state index in [4.69, 9.17) is 11.6 Å². The van der Waals surface area contributed by atoms with Gasteiger partial charge in [-0.3, -0.25) is 4.79 Å². The average molecular weight is 305 g/mol. The molecule has 0 saturated heterocycles. The van der Waals surface area contributed by atoms with Crippen LogP contribution >= 0.6 is 11.6 Å². The Labute approximate surface area is 121 Å². The highest BCUT2D eigenvalue weighted by molar-refractivity contribution is 6.30. The first-order valence-electron chi connectivity index (χ1n) is 6.70. The second-order valence-electron chi connectivity index (χ2n) is 5.36. The van der Waals surface area contributed by atoms with Gasteiger partial charge in [0.1, 0.15) is 5.78 Å². The SMILES string of the molecule is O=C(Cc1ccc(Cl)cc1)C1CCC(C(F)(F)F)CC1. The Kier molecular flexibility index (Phi) is 4.74. The molecule has 5 heteroatoms. The van der Waals surface area contributed by atoms with Crippen LogP contribution in [0.2, 0.25) is 5.02 Å². The van der Waals surface area contributed by atoms with Crippen LogP contribution in [0, 0.1) is 11.8 Å². The van der Waals surface area contributed by atoms with Gasteiger partial charge in [0.15, 0.2) is 0 Å². The summed E-state index contributed by atoms with van der Waals surface area (Å²) in [7, 11) is 0. The molecule has 1 saturated carbocycles. The van der Waals surface area contributed by atoms with Gasteiger partial charge in [0, 0.05) is 17.4 Å². The van der Waals surface area contributed by atoms with Crippen molar-refractivity contribution in [3.05, 3.63) is 34.9 Å². The van der Waals surface area contributed by atoms with E-state index in [0.717, 1.165) is 5.56 Å². The first-order chi connectivity index (χ1) is 9.36. The molecule has 1 aromatic rings. The number of benzene rings is 1. The fourth-order valence-electron chi connectivity index (χ4n) is 2.69. The Morgan fingerprint density at radius 1 is 1.10 bits per heavy atom. The molecule has 1 aliphatic carbocycles. The van der Waals surface area contributed by atoms with Crippen LogP contribution in [-0.4, -0.2) is 12.0 Å². The quantitative estimate of drug-likeness (QED) is 0.782. The van der Waals surface area contributed by atoms with E-state index in [1.54, 1.807) is 24.3 Å². The molecule has 1 aliphatic rings. The highest BCUT2D eigenvalue weighted by Crippen LogP contribution is 2.39. The third kappa shape index (κ3) is 3.98. The molecule has 0 bridgehead atoms.